The average molecular weight is 460 g/mol. The maximum Gasteiger partial charge on any atom is 0.389 e. The molecule has 1 aliphatic rings. The molecular formula is C25H24F4N2O2. The number of alkyl halides is 3. The van der Waals surface area contributed by atoms with E-state index in [1.165, 1.54) is 12.1 Å². The third kappa shape index (κ3) is 5.50. The number of likely N-dealkylation sites (tertiary alicyclic amines) is 1. The summed E-state index contributed by atoms with van der Waals surface area (Å²) in [6.45, 7) is 0.342. The molecule has 2 aromatic carbocycles. The molecule has 1 amide bonds. The number of benzene rings is 2. The highest BCUT2D eigenvalue weighted by Gasteiger charge is 2.37. The number of para-hydroxylation sites is 1. The second kappa shape index (κ2) is 9.87. The fraction of sp³-hybridized carbons (Fsp3) is 0.360. The molecule has 0 aliphatic carbocycles. The molecular weight excluding hydrogens is 436 g/mol. The van der Waals surface area contributed by atoms with Crippen LogP contribution in [0, 0.1) is 5.82 Å². The van der Waals surface area contributed by atoms with Crippen LogP contribution < -0.4 is 0 Å². The van der Waals surface area contributed by atoms with Gasteiger partial charge in [0, 0.05) is 43.1 Å². The maximum atomic E-state index is 13.7. The quantitative estimate of drug-likeness (QED) is 0.300. The van der Waals surface area contributed by atoms with Crippen molar-refractivity contribution in [3.63, 3.8) is 0 Å². The van der Waals surface area contributed by atoms with Crippen molar-refractivity contribution in [2.75, 3.05) is 13.2 Å². The molecule has 1 aromatic heterocycles. The summed E-state index contributed by atoms with van der Waals surface area (Å²) in [5.41, 5.74) is 1.98. The van der Waals surface area contributed by atoms with Crippen molar-refractivity contribution in [1.82, 2.24) is 9.88 Å². The van der Waals surface area contributed by atoms with Crippen LogP contribution in [0.25, 0.3) is 10.9 Å². The van der Waals surface area contributed by atoms with Crippen molar-refractivity contribution in [2.24, 2.45) is 0 Å². The molecule has 174 valence electrons. The van der Waals surface area contributed by atoms with E-state index in [-0.39, 0.29) is 18.9 Å². The molecule has 2 atom stereocenters. The van der Waals surface area contributed by atoms with Crippen LogP contribution in [0.1, 0.15) is 49.0 Å². The Hall–Kier alpha value is -3.00. The molecule has 1 saturated heterocycles. The van der Waals surface area contributed by atoms with Gasteiger partial charge in [-0.1, -0.05) is 36.4 Å². The fourth-order valence-electron chi connectivity index (χ4n) is 4.33. The number of pyridine rings is 1. The first-order chi connectivity index (χ1) is 15.8. The Bertz CT molecular complexity index is 1100. The van der Waals surface area contributed by atoms with Crippen molar-refractivity contribution in [3.05, 3.63) is 77.7 Å². The summed E-state index contributed by atoms with van der Waals surface area (Å²) in [7, 11) is 0. The number of ether oxygens (including phenoxy) is 1. The molecule has 2 heterocycles. The maximum absolute atomic E-state index is 13.7. The van der Waals surface area contributed by atoms with E-state index in [4.69, 9.17) is 4.74 Å². The molecule has 1 aliphatic heterocycles. The van der Waals surface area contributed by atoms with Gasteiger partial charge in [-0.15, -0.1) is 0 Å². The van der Waals surface area contributed by atoms with Gasteiger partial charge >= 0.3 is 6.18 Å². The second-order valence-electron chi connectivity index (χ2n) is 8.12. The Kier molecular flexibility index (Phi) is 6.93. The first-order valence-electron chi connectivity index (χ1n) is 10.9. The van der Waals surface area contributed by atoms with Gasteiger partial charge in [0.2, 0.25) is 5.91 Å². The summed E-state index contributed by atoms with van der Waals surface area (Å²) in [6.07, 6.45) is -3.53. The monoisotopic (exact) mass is 460 g/mol. The number of halogens is 4. The lowest BCUT2D eigenvalue weighted by molar-refractivity contribution is -0.141. The van der Waals surface area contributed by atoms with Gasteiger partial charge in [-0.25, -0.2) is 4.39 Å². The number of nitrogens with zero attached hydrogens (tertiary/aromatic N) is 2. The molecule has 0 spiro atoms. The minimum Gasteiger partial charge on any atom is -0.371 e. The highest BCUT2D eigenvalue weighted by molar-refractivity contribution is 5.82. The summed E-state index contributed by atoms with van der Waals surface area (Å²) >= 11 is 0. The van der Waals surface area contributed by atoms with Gasteiger partial charge in [0.25, 0.3) is 0 Å². The highest BCUT2D eigenvalue weighted by Crippen LogP contribution is 2.41. The normalized spacial score (nSPS) is 16.4. The van der Waals surface area contributed by atoms with Crippen LogP contribution in [0.15, 0.2) is 60.8 Å². The number of rotatable bonds is 8. The summed E-state index contributed by atoms with van der Waals surface area (Å²) < 4.78 is 57.9. The Balaban J connectivity index is 1.77. The van der Waals surface area contributed by atoms with Gasteiger partial charge in [0.15, 0.2) is 0 Å². The zero-order chi connectivity index (χ0) is 23.4. The lowest BCUT2D eigenvalue weighted by Crippen LogP contribution is -2.35. The number of hydrogen-bond acceptors (Lipinski definition) is 3. The molecule has 0 bridgehead atoms. The van der Waals surface area contributed by atoms with Crippen LogP contribution in [0.2, 0.25) is 0 Å². The Labute approximate surface area is 189 Å². The van der Waals surface area contributed by atoms with E-state index < -0.39 is 30.6 Å². The van der Waals surface area contributed by atoms with Crippen LogP contribution in [-0.4, -0.2) is 35.1 Å². The minimum atomic E-state index is -4.28. The van der Waals surface area contributed by atoms with Crippen molar-refractivity contribution in [3.8, 4) is 0 Å². The van der Waals surface area contributed by atoms with Crippen molar-refractivity contribution >= 4 is 16.8 Å². The Morgan fingerprint density at radius 1 is 1.06 bits per heavy atom. The molecule has 0 N–H and O–H groups in total. The molecule has 33 heavy (non-hydrogen) atoms. The van der Waals surface area contributed by atoms with Crippen LogP contribution in [0.5, 0.6) is 0 Å². The summed E-state index contributed by atoms with van der Waals surface area (Å²) in [6, 6.07) is 14.4. The highest BCUT2D eigenvalue weighted by atomic mass is 19.4. The van der Waals surface area contributed by atoms with Gasteiger partial charge < -0.3 is 9.64 Å². The van der Waals surface area contributed by atoms with Crippen LogP contribution in [0.3, 0.4) is 0 Å². The molecule has 0 radical (unpaired) electrons. The number of carbonyl (C=O) groups excluding carboxylic acids is 1. The lowest BCUT2D eigenvalue weighted by Gasteiger charge is -2.35. The van der Waals surface area contributed by atoms with E-state index in [0.717, 1.165) is 5.39 Å². The molecule has 3 aromatic rings. The molecule has 4 nitrogen and oxygen atoms in total. The molecule has 0 saturated carbocycles. The van der Waals surface area contributed by atoms with Crippen LogP contribution in [-0.2, 0) is 9.53 Å². The number of aromatic nitrogens is 1. The van der Waals surface area contributed by atoms with Gasteiger partial charge in [-0.2, -0.15) is 13.2 Å². The molecule has 1 fully saturated rings. The Morgan fingerprint density at radius 3 is 2.52 bits per heavy atom. The van der Waals surface area contributed by atoms with E-state index in [0.29, 0.717) is 36.0 Å². The zero-order valence-electron chi connectivity index (χ0n) is 17.9. The predicted molar refractivity (Wildman–Crippen MR) is 116 cm³/mol. The topological polar surface area (TPSA) is 42.4 Å². The third-order valence-electron chi connectivity index (χ3n) is 5.82. The number of fused-ring (bicyclic) bond motifs is 1. The first kappa shape index (κ1) is 23.2. The number of hydrogen-bond donors (Lipinski definition) is 0. The number of carbonyl (C=O) groups is 1. The Morgan fingerprint density at radius 2 is 1.82 bits per heavy atom. The molecule has 2 unspecified atom stereocenters. The van der Waals surface area contributed by atoms with Crippen molar-refractivity contribution in [1.29, 1.82) is 0 Å². The van der Waals surface area contributed by atoms with Crippen LogP contribution >= 0.6 is 0 Å². The van der Waals surface area contributed by atoms with Gasteiger partial charge in [-0.05, 0) is 36.6 Å². The van der Waals surface area contributed by atoms with Crippen molar-refractivity contribution in [2.45, 2.75) is 44.0 Å². The van der Waals surface area contributed by atoms with E-state index in [1.54, 1.807) is 29.3 Å². The molecule has 4 rings (SSSR count). The van der Waals surface area contributed by atoms with E-state index in [9.17, 15) is 22.4 Å². The van der Waals surface area contributed by atoms with E-state index in [2.05, 4.69) is 4.98 Å². The SMILES string of the molecule is O=C1CCCN1C(c1ccc(F)cc1)C(OCCCC(F)(F)F)c1cccc2cccnc12. The number of amides is 1. The average Bonchev–Trinajstić information content (AvgIpc) is 3.21. The predicted octanol–water partition coefficient (Wildman–Crippen LogP) is 6.14. The van der Waals surface area contributed by atoms with Gasteiger partial charge in [0.1, 0.15) is 11.9 Å². The first-order valence-corrected chi connectivity index (χ1v) is 10.9. The zero-order valence-corrected chi connectivity index (χ0v) is 17.9. The summed E-state index contributed by atoms with van der Waals surface area (Å²) in [4.78, 5) is 18.9. The van der Waals surface area contributed by atoms with E-state index in [1.807, 2.05) is 24.3 Å². The third-order valence-corrected chi connectivity index (χ3v) is 5.82. The van der Waals surface area contributed by atoms with Gasteiger partial charge in [0.05, 0.1) is 11.6 Å². The lowest BCUT2D eigenvalue weighted by atomic mass is 9.92. The molecule has 8 heteroatoms. The minimum absolute atomic E-state index is 0.0681. The summed E-state index contributed by atoms with van der Waals surface area (Å²) in [5, 5.41) is 0.851. The standard InChI is InChI=1S/C25H24F4N2O2/c26-19-11-9-18(10-12-19)23(31-15-3-8-21(31)32)24(33-16-4-13-25(27,28)29)20-7-1-5-17-6-2-14-30-22(17)20/h1-2,5-7,9-12,14,23-24H,3-4,8,13,15-16H2. The largest absolute Gasteiger partial charge is 0.389 e. The fourth-order valence-corrected chi connectivity index (χ4v) is 4.33. The van der Waals surface area contributed by atoms with Crippen molar-refractivity contribution < 1.29 is 27.1 Å². The van der Waals surface area contributed by atoms with Gasteiger partial charge in [-0.3, -0.25) is 9.78 Å². The van der Waals surface area contributed by atoms with Crippen LogP contribution in [0.4, 0.5) is 17.6 Å². The second-order valence-corrected chi connectivity index (χ2v) is 8.12. The smallest absolute Gasteiger partial charge is 0.371 e. The summed E-state index contributed by atoms with van der Waals surface area (Å²) in [5.74, 6) is -0.485. The van der Waals surface area contributed by atoms with E-state index >= 15 is 0 Å².